The average molecular weight is 360 g/mol. The molecule has 0 heterocycles. The number of benzene rings is 3. The summed E-state index contributed by atoms with van der Waals surface area (Å²) in [7, 11) is 0. The van der Waals surface area contributed by atoms with E-state index in [1.54, 1.807) is 12.1 Å². The van der Waals surface area contributed by atoms with E-state index in [2.05, 4.69) is 32.9 Å². The fourth-order valence-corrected chi connectivity index (χ4v) is 2.88. The highest BCUT2D eigenvalue weighted by Crippen LogP contribution is 2.29. The minimum Gasteiger partial charge on any atom is -0.489 e. The van der Waals surface area contributed by atoms with Crippen molar-refractivity contribution in [1.82, 2.24) is 0 Å². The lowest BCUT2D eigenvalue weighted by molar-refractivity contribution is 0.0696. The van der Waals surface area contributed by atoms with E-state index in [0.29, 0.717) is 12.4 Å². The normalized spacial score (nSPS) is 11.2. The van der Waals surface area contributed by atoms with Gasteiger partial charge in [-0.1, -0.05) is 75.4 Å². The maximum absolute atomic E-state index is 11.5. The average Bonchev–Trinajstić information content (AvgIpc) is 2.66. The molecule has 0 unspecified atom stereocenters. The summed E-state index contributed by atoms with van der Waals surface area (Å²) >= 11 is 0. The molecule has 0 aromatic heterocycles. The number of carboxylic acid groups (broad SMARTS) is 1. The topological polar surface area (TPSA) is 46.5 Å². The summed E-state index contributed by atoms with van der Waals surface area (Å²) in [6.45, 7) is 6.90. The van der Waals surface area contributed by atoms with Crippen molar-refractivity contribution in [2.24, 2.45) is 0 Å². The molecule has 0 aliphatic carbocycles. The van der Waals surface area contributed by atoms with E-state index in [0.717, 1.165) is 16.7 Å². The van der Waals surface area contributed by atoms with Crippen molar-refractivity contribution in [3.63, 3.8) is 0 Å². The predicted molar refractivity (Wildman–Crippen MR) is 108 cm³/mol. The van der Waals surface area contributed by atoms with Crippen molar-refractivity contribution in [3.05, 3.63) is 89.5 Å². The van der Waals surface area contributed by atoms with E-state index >= 15 is 0 Å². The smallest absolute Gasteiger partial charge is 0.335 e. The molecule has 0 spiro atoms. The van der Waals surface area contributed by atoms with Gasteiger partial charge in [0.15, 0.2) is 0 Å². The van der Waals surface area contributed by atoms with Crippen LogP contribution in [-0.4, -0.2) is 11.1 Å². The van der Waals surface area contributed by atoms with Crippen LogP contribution in [0.15, 0.2) is 72.8 Å². The predicted octanol–water partition coefficient (Wildman–Crippen LogP) is 5.93. The van der Waals surface area contributed by atoms with Crippen LogP contribution in [0, 0.1) is 0 Å². The molecule has 1 N–H and O–H groups in total. The Kier molecular flexibility index (Phi) is 5.31. The van der Waals surface area contributed by atoms with Gasteiger partial charge in [-0.05, 0) is 45.9 Å². The third kappa shape index (κ3) is 4.76. The second-order valence-electron chi connectivity index (χ2n) is 7.65. The zero-order valence-corrected chi connectivity index (χ0v) is 15.9. The lowest BCUT2D eigenvalue weighted by Gasteiger charge is -2.19. The van der Waals surface area contributed by atoms with Crippen LogP contribution in [0.3, 0.4) is 0 Å². The molecule has 0 fully saturated rings. The van der Waals surface area contributed by atoms with Crippen LogP contribution in [0.5, 0.6) is 5.75 Å². The quantitative estimate of drug-likeness (QED) is 0.613. The lowest BCUT2D eigenvalue weighted by Crippen LogP contribution is -2.10. The Labute approximate surface area is 160 Å². The summed E-state index contributed by atoms with van der Waals surface area (Å²) in [4.78, 5) is 11.5. The van der Waals surface area contributed by atoms with Crippen LogP contribution >= 0.6 is 0 Å². The monoisotopic (exact) mass is 360 g/mol. The van der Waals surface area contributed by atoms with E-state index in [4.69, 9.17) is 4.74 Å². The molecule has 3 heteroatoms. The first-order valence-corrected chi connectivity index (χ1v) is 8.99. The van der Waals surface area contributed by atoms with Crippen LogP contribution in [0.2, 0.25) is 0 Å². The highest BCUT2D eigenvalue weighted by atomic mass is 16.5. The summed E-state index contributed by atoms with van der Waals surface area (Å²) in [5.41, 5.74) is 4.37. The summed E-state index contributed by atoms with van der Waals surface area (Å²) < 4.78 is 5.86. The Morgan fingerprint density at radius 2 is 1.56 bits per heavy atom. The summed E-state index contributed by atoms with van der Waals surface area (Å²) in [5.74, 6) is -0.415. The molecule has 3 aromatic carbocycles. The summed E-state index contributed by atoms with van der Waals surface area (Å²) in [6.07, 6.45) is 0. The van der Waals surface area contributed by atoms with Crippen molar-refractivity contribution >= 4 is 5.97 Å². The number of carbonyl (C=O) groups is 1. The molecule has 0 saturated carbocycles. The molecular formula is C24H24O3. The molecule has 0 amide bonds. The molecule has 0 atom stereocenters. The van der Waals surface area contributed by atoms with Gasteiger partial charge in [0.05, 0.1) is 5.56 Å². The van der Waals surface area contributed by atoms with E-state index in [1.165, 1.54) is 5.56 Å². The number of carboxylic acids is 1. The van der Waals surface area contributed by atoms with Crippen LogP contribution < -0.4 is 4.74 Å². The molecule has 3 rings (SSSR count). The number of rotatable bonds is 5. The number of hydrogen-bond donors (Lipinski definition) is 1. The molecule has 0 bridgehead atoms. The van der Waals surface area contributed by atoms with Gasteiger partial charge < -0.3 is 9.84 Å². The van der Waals surface area contributed by atoms with Crippen LogP contribution in [-0.2, 0) is 12.0 Å². The highest BCUT2D eigenvalue weighted by molar-refractivity contribution is 5.90. The Hall–Kier alpha value is -3.07. The fourth-order valence-electron chi connectivity index (χ4n) is 2.88. The second kappa shape index (κ2) is 7.67. The molecule has 27 heavy (non-hydrogen) atoms. The standard InChI is InChI=1S/C24H24O3/c1-24(2,3)21-11-9-18(10-12-21)19-13-20(23(25)26)15-22(14-19)27-16-17-7-5-4-6-8-17/h4-15H,16H2,1-3H3,(H,25,26). The second-order valence-corrected chi connectivity index (χ2v) is 7.65. The van der Waals surface area contributed by atoms with Gasteiger partial charge in [0.2, 0.25) is 0 Å². The van der Waals surface area contributed by atoms with Crippen molar-refractivity contribution in [2.75, 3.05) is 0 Å². The van der Waals surface area contributed by atoms with Crippen molar-refractivity contribution in [1.29, 1.82) is 0 Å². The first-order valence-electron chi connectivity index (χ1n) is 8.99. The van der Waals surface area contributed by atoms with Gasteiger partial charge in [0.1, 0.15) is 12.4 Å². The van der Waals surface area contributed by atoms with Crippen molar-refractivity contribution < 1.29 is 14.6 Å². The molecule has 3 nitrogen and oxygen atoms in total. The Bertz CT molecular complexity index is 920. The summed E-state index contributed by atoms with van der Waals surface area (Å²) in [6, 6.07) is 23.2. The van der Waals surface area contributed by atoms with E-state index in [9.17, 15) is 9.90 Å². The molecular weight excluding hydrogens is 336 g/mol. The zero-order valence-electron chi connectivity index (χ0n) is 15.9. The van der Waals surface area contributed by atoms with Crippen LogP contribution in [0.25, 0.3) is 11.1 Å². The molecule has 0 aliphatic rings. The zero-order chi connectivity index (χ0) is 19.4. The van der Waals surface area contributed by atoms with Crippen molar-refractivity contribution in [3.8, 4) is 16.9 Å². The van der Waals surface area contributed by atoms with Gasteiger partial charge in [-0.3, -0.25) is 0 Å². The van der Waals surface area contributed by atoms with Gasteiger partial charge in [0.25, 0.3) is 0 Å². The molecule has 138 valence electrons. The maximum atomic E-state index is 11.5. The number of ether oxygens (including phenoxy) is 1. The lowest BCUT2D eigenvalue weighted by atomic mass is 9.86. The Morgan fingerprint density at radius 3 is 2.15 bits per heavy atom. The fraction of sp³-hybridized carbons (Fsp3) is 0.208. The molecule has 0 aliphatic heterocycles. The Balaban J connectivity index is 1.90. The number of hydrogen-bond acceptors (Lipinski definition) is 2. The van der Waals surface area contributed by atoms with E-state index < -0.39 is 5.97 Å². The van der Waals surface area contributed by atoms with Crippen LogP contribution in [0.1, 0.15) is 42.3 Å². The highest BCUT2D eigenvalue weighted by Gasteiger charge is 2.14. The molecule has 3 aromatic rings. The van der Waals surface area contributed by atoms with Gasteiger partial charge >= 0.3 is 5.97 Å². The third-order valence-electron chi connectivity index (χ3n) is 4.49. The van der Waals surface area contributed by atoms with Gasteiger partial charge in [-0.2, -0.15) is 0 Å². The number of aromatic carboxylic acids is 1. The molecule has 0 radical (unpaired) electrons. The maximum Gasteiger partial charge on any atom is 0.335 e. The largest absolute Gasteiger partial charge is 0.489 e. The minimum absolute atomic E-state index is 0.0748. The van der Waals surface area contributed by atoms with Crippen LogP contribution in [0.4, 0.5) is 0 Å². The van der Waals surface area contributed by atoms with Gasteiger partial charge in [-0.25, -0.2) is 4.79 Å². The van der Waals surface area contributed by atoms with Gasteiger partial charge in [0, 0.05) is 0 Å². The van der Waals surface area contributed by atoms with E-state index in [-0.39, 0.29) is 11.0 Å². The van der Waals surface area contributed by atoms with E-state index in [1.807, 2.05) is 48.5 Å². The minimum atomic E-state index is -0.965. The first kappa shape index (κ1) is 18.7. The Morgan fingerprint density at radius 1 is 0.889 bits per heavy atom. The molecule has 0 saturated heterocycles. The van der Waals surface area contributed by atoms with Gasteiger partial charge in [-0.15, -0.1) is 0 Å². The van der Waals surface area contributed by atoms with Crippen molar-refractivity contribution in [2.45, 2.75) is 32.8 Å². The third-order valence-corrected chi connectivity index (χ3v) is 4.49. The first-order chi connectivity index (χ1) is 12.8. The SMILES string of the molecule is CC(C)(C)c1ccc(-c2cc(OCc3ccccc3)cc(C(=O)O)c2)cc1. The summed E-state index contributed by atoms with van der Waals surface area (Å²) in [5, 5.41) is 9.46.